The number of fused-ring (bicyclic) bond motifs is 1. The van der Waals surface area contributed by atoms with Gasteiger partial charge in [-0.2, -0.15) is 0 Å². The van der Waals surface area contributed by atoms with Crippen LogP contribution in [0.5, 0.6) is 0 Å². The Morgan fingerprint density at radius 3 is 2.58 bits per heavy atom. The third-order valence-electron chi connectivity index (χ3n) is 5.02. The van der Waals surface area contributed by atoms with E-state index >= 15 is 0 Å². The molecule has 1 aromatic rings. The highest BCUT2D eigenvalue weighted by Gasteiger charge is 2.52. The van der Waals surface area contributed by atoms with Gasteiger partial charge >= 0.3 is 6.09 Å². The standard InChI is InChI=1S/C16H24N4O3S/c1-15(2,3)24(23)19-13-12-11(17-6-7-18-12)10-16(13)4-8-20(9-5-16)14(21)22/h6-7,13,19H,4-5,8-10H2,1-3H3,(H,21,22)/t13-,24?/m1/s1. The Labute approximate surface area is 145 Å². The minimum absolute atomic E-state index is 0.155. The van der Waals surface area contributed by atoms with Crippen molar-refractivity contribution in [2.24, 2.45) is 5.41 Å². The van der Waals surface area contributed by atoms with E-state index < -0.39 is 17.5 Å². The summed E-state index contributed by atoms with van der Waals surface area (Å²) in [6.45, 7) is 6.78. The first-order valence-electron chi connectivity index (χ1n) is 8.19. The molecule has 1 aliphatic carbocycles. The van der Waals surface area contributed by atoms with Crippen LogP contribution in [-0.4, -0.2) is 48.5 Å². The molecule has 1 aromatic heterocycles. The van der Waals surface area contributed by atoms with E-state index in [0.29, 0.717) is 13.1 Å². The number of piperidine rings is 1. The normalized spacial score (nSPS) is 24.0. The van der Waals surface area contributed by atoms with Crippen molar-refractivity contribution in [3.05, 3.63) is 23.8 Å². The molecular weight excluding hydrogens is 328 g/mol. The van der Waals surface area contributed by atoms with Crippen molar-refractivity contribution in [2.45, 2.75) is 50.8 Å². The summed E-state index contributed by atoms with van der Waals surface area (Å²) in [6.07, 6.45) is 4.66. The van der Waals surface area contributed by atoms with Crippen molar-refractivity contribution in [2.75, 3.05) is 13.1 Å². The van der Waals surface area contributed by atoms with Crippen LogP contribution in [0.15, 0.2) is 12.4 Å². The number of likely N-dealkylation sites (tertiary alicyclic amines) is 1. The van der Waals surface area contributed by atoms with Gasteiger partial charge in [0.15, 0.2) is 0 Å². The lowest BCUT2D eigenvalue weighted by Gasteiger charge is -2.42. The van der Waals surface area contributed by atoms with Gasteiger partial charge in [0.2, 0.25) is 0 Å². The van der Waals surface area contributed by atoms with Crippen LogP contribution in [0.3, 0.4) is 0 Å². The van der Waals surface area contributed by atoms with E-state index in [4.69, 9.17) is 0 Å². The summed E-state index contributed by atoms with van der Waals surface area (Å²) < 4.78 is 15.6. The van der Waals surface area contributed by atoms with Gasteiger partial charge in [-0.3, -0.25) is 9.97 Å². The molecule has 1 unspecified atom stereocenters. The Hall–Kier alpha value is -1.38. The predicted molar refractivity (Wildman–Crippen MR) is 90.8 cm³/mol. The summed E-state index contributed by atoms with van der Waals surface area (Å²) in [5.41, 5.74) is 1.62. The minimum Gasteiger partial charge on any atom is -0.598 e. The number of carbonyl (C=O) groups is 1. The van der Waals surface area contributed by atoms with E-state index in [9.17, 15) is 14.5 Å². The fourth-order valence-electron chi connectivity index (χ4n) is 3.55. The third-order valence-corrected chi connectivity index (χ3v) is 6.58. The van der Waals surface area contributed by atoms with Crippen LogP contribution >= 0.6 is 0 Å². The second-order valence-corrected chi connectivity index (χ2v) is 9.63. The zero-order valence-corrected chi connectivity index (χ0v) is 15.1. The Morgan fingerprint density at radius 2 is 2.00 bits per heavy atom. The van der Waals surface area contributed by atoms with Crippen LogP contribution in [0.25, 0.3) is 0 Å². The van der Waals surface area contributed by atoms with Gasteiger partial charge in [-0.1, -0.05) is 0 Å². The smallest absolute Gasteiger partial charge is 0.407 e. The second-order valence-electron chi connectivity index (χ2n) is 7.63. The highest BCUT2D eigenvalue weighted by Crippen LogP contribution is 2.51. The molecule has 2 heterocycles. The fraction of sp³-hybridized carbons (Fsp3) is 0.688. The lowest BCUT2D eigenvalue weighted by atomic mass is 9.73. The molecule has 0 saturated carbocycles. The number of nitrogens with one attached hydrogen (secondary N) is 1. The van der Waals surface area contributed by atoms with Crippen LogP contribution in [-0.2, 0) is 17.8 Å². The molecule has 2 N–H and O–H groups in total. The minimum atomic E-state index is -1.23. The maximum absolute atomic E-state index is 12.7. The van der Waals surface area contributed by atoms with Crippen LogP contribution in [0.2, 0.25) is 0 Å². The maximum Gasteiger partial charge on any atom is 0.407 e. The Bertz CT molecular complexity index is 626. The van der Waals surface area contributed by atoms with Crippen molar-refractivity contribution in [3.8, 4) is 0 Å². The van der Waals surface area contributed by atoms with E-state index in [1.165, 1.54) is 4.90 Å². The summed E-state index contributed by atoms with van der Waals surface area (Å²) in [5, 5.41) is 9.20. The lowest BCUT2D eigenvalue weighted by Crippen LogP contribution is -2.50. The van der Waals surface area contributed by atoms with Gasteiger partial charge in [-0.15, -0.1) is 4.72 Å². The molecule has 3 rings (SSSR count). The highest BCUT2D eigenvalue weighted by atomic mass is 32.2. The zero-order valence-electron chi connectivity index (χ0n) is 14.3. The molecule has 7 nitrogen and oxygen atoms in total. The predicted octanol–water partition coefficient (Wildman–Crippen LogP) is 1.89. The summed E-state index contributed by atoms with van der Waals surface area (Å²) >= 11 is -1.23. The molecule has 1 fully saturated rings. The fourth-order valence-corrected chi connectivity index (χ4v) is 4.48. The van der Waals surface area contributed by atoms with E-state index in [2.05, 4.69) is 14.7 Å². The van der Waals surface area contributed by atoms with Crippen molar-refractivity contribution in [3.63, 3.8) is 0 Å². The lowest BCUT2D eigenvalue weighted by molar-refractivity contribution is 0.0757. The quantitative estimate of drug-likeness (QED) is 0.788. The number of nitrogens with zero attached hydrogens (tertiary/aromatic N) is 3. The van der Waals surface area contributed by atoms with E-state index in [1.807, 2.05) is 20.8 Å². The summed E-state index contributed by atoms with van der Waals surface area (Å²) in [5.74, 6) is 0. The molecule has 2 aliphatic rings. The molecule has 132 valence electrons. The van der Waals surface area contributed by atoms with Gasteiger partial charge in [0.25, 0.3) is 0 Å². The van der Waals surface area contributed by atoms with E-state index in [1.54, 1.807) is 12.4 Å². The molecule has 1 saturated heterocycles. The molecule has 1 aliphatic heterocycles. The van der Waals surface area contributed by atoms with Crippen LogP contribution in [0, 0.1) is 5.41 Å². The van der Waals surface area contributed by atoms with Gasteiger partial charge in [0.1, 0.15) is 10.8 Å². The molecule has 0 aromatic carbocycles. The van der Waals surface area contributed by atoms with Gasteiger partial charge in [-0.05, 0) is 40.0 Å². The Balaban J connectivity index is 1.87. The monoisotopic (exact) mass is 352 g/mol. The molecule has 2 atom stereocenters. The second kappa shape index (κ2) is 6.16. The summed E-state index contributed by atoms with van der Waals surface area (Å²) in [6, 6.07) is -0.155. The van der Waals surface area contributed by atoms with Crippen molar-refractivity contribution in [1.82, 2.24) is 19.6 Å². The average Bonchev–Trinajstić information content (AvgIpc) is 2.80. The molecular formula is C16H24N4O3S. The number of rotatable bonds is 2. The van der Waals surface area contributed by atoms with Crippen LogP contribution in [0.4, 0.5) is 4.79 Å². The molecule has 8 heteroatoms. The first kappa shape index (κ1) is 17.4. The maximum atomic E-state index is 12.7. The number of carboxylic acid groups (broad SMARTS) is 1. The Morgan fingerprint density at radius 1 is 1.38 bits per heavy atom. The first-order valence-corrected chi connectivity index (χ1v) is 9.34. The van der Waals surface area contributed by atoms with E-state index in [-0.39, 0.29) is 16.2 Å². The molecule has 1 amide bonds. The molecule has 24 heavy (non-hydrogen) atoms. The van der Waals surface area contributed by atoms with Gasteiger partial charge in [0, 0.05) is 42.3 Å². The van der Waals surface area contributed by atoms with Crippen molar-refractivity contribution < 1.29 is 14.5 Å². The van der Waals surface area contributed by atoms with Gasteiger partial charge in [0.05, 0.1) is 11.4 Å². The van der Waals surface area contributed by atoms with Crippen molar-refractivity contribution >= 4 is 17.5 Å². The topological polar surface area (TPSA) is 101 Å². The number of aromatic nitrogens is 2. The third kappa shape index (κ3) is 3.10. The molecule has 1 spiro atoms. The zero-order chi connectivity index (χ0) is 17.5. The summed E-state index contributed by atoms with van der Waals surface area (Å²) in [4.78, 5) is 21.6. The molecule has 0 radical (unpaired) electrons. The van der Waals surface area contributed by atoms with Crippen LogP contribution in [0.1, 0.15) is 51.0 Å². The SMILES string of the molecule is CC(C)(C)[S+]([O-])N[C@@H]1c2nccnc2CC12CCN(C(=O)O)CC2. The van der Waals surface area contributed by atoms with E-state index in [0.717, 1.165) is 30.7 Å². The number of hydrogen-bond donors (Lipinski definition) is 2. The number of hydrogen-bond acceptors (Lipinski definition) is 5. The van der Waals surface area contributed by atoms with Gasteiger partial charge < -0.3 is 14.6 Å². The van der Waals surface area contributed by atoms with Gasteiger partial charge in [-0.25, -0.2) is 4.79 Å². The van der Waals surface area contributed by atoms with Crippen molar-refractivity contribution in [1.29, 1.82) is 0 Å². The molecule has 0 bridgehead atoms. The summed E-state index contributed by atoms with van der Waals surface area (Å²) in [7, 11) is 0. The highest BCUT2D eigenvalue weighted by molar-refractivity contribution is 7.90. The Kier molecular flexibility index (Phi) is 4.48. The first-order chi connectivity index (χ1) is 11.2. The largest absolute Gasteiger partial charge is 0.598 e. The number of amides is 1. The van der Waals surface area contributed by atoms with Crippen LogP contribution < -0.4 is 4.72 Å². The average molecular weight is 352 g/mol.